The number of hydrogen-bond acceptors (Lipinski definition) is 0. The van der Waals surface area contributed by atoms with Crippen molar-refractivity contribution in [3.05, 3.63) is 408 Å². The van der Waals surface area contributed by atoms with Gasteiger partial charge in [0.1, 0.15) is 0 Å². The van der Waals surface area contributed by atoms with Crippen molar-refractivity contribution in [2.45, 2.75) is 269 Å². The van der Waals surface area contributed by atoms with Crippen LogP contribution in [0.25, 0.3) is 154 Å². The van der Waals surface area contributed by atoms with Crippen LogP contribution >= 0.6 is 0 Å². The number of nitrogens with zero attached hydrogens (tertiary/aromatic N) is 4. The molecule has 0 radical (unpaired) electrons. The zero-order valence-electron chi connectivity index (χ0n) is 87.0. The van der Waals surface area contributed by atoms with Gasteiger partial charge in [-0.15, -0.1) is 0 Å². The average Bonchev–Trinajstić information content (AvgIpc) is 1.58. The maximum Gasteiger partial charge on any atom is 0.0629 e. The number of benzene rings is 16. The highest BCUT2D eigenvalue weighted by atomic mass is 15.0. The van der Waals surface area contributed by atoms with E-state index in [-0.39, 0.29) is 139 Å². The largest absolute Gasteiger partial charge is 0.309 e. The maximum atomic E-state index is 8.30. The van der Waals surface area contributed by atoms with Gasteiger partial charge in [0, 0.05) is 65.8 Å². The van der Waals surface area contributed by atoms with E-state index in [1.54, 1.807) is 0 Å². The highest BCUT2D eigenvalue weighted by molar-refractivity contribution is 6.14. The van der Waals surface area contributed by atoms with Crippen molar-refractivity contribution in [1.82, 2.24) is 18.3 Å². The molecule has 4 heteroatoms. The molecule has 0 bridgehead atoms. The minimum absolute atomic E-state index is 0. The molecule has 4 heterocycles. The Balaban J connectivity index is 0.000000212. The van der Waals surface area contributed by atoms with Gasteiger partial charge in [-0.05, 0) is 211 Å². The molecule has 728 valence electrons. The van der Waals surface area contributed by atoms with Crippen LogP contribution < -0.4 is 0 Å². The molecule has 0 saturated carbocycles. The number of para-hydroxylation sites is 8. The molecule has 0 aliphatic rings. The summed E-state index contributed by atoms with van der Waals surface area (Å²) in [5, 5.41) is 10.2. The zero-order chi connectivity index (χ0) is 97.9. The lowest BCUT2D eigenvalue weighted by atomic mass is 9.78. The second kappa shape index (κ2) is 42.4. The molecule has 0 N–H and O–H groups in total. The smallest absolute Gasteiger partial charge is 0.0629 e. The van der Waals surface area contributed by atoms with E-state index >= 15 is 0 Å². The molecule has 0 amide bonds. The van der Waals surface area contributed by atoms with E-state index in [9.17, 15) is 0 Å². The van der Waals surface area contributed by atoms with Crippen molar-refractivity contribution in [3.8, 4) is 67.3 Å². The number of aromatic nitrogens is 4. The summed E-state index contributed by atoms with van der Waals surface area (Å²) in [7, 11) is 0. The van der Waals surface area contributed by atoms with Crippen molar-refractivity contribution in [2.24, 2.45) is 0 Å². The van der Waals surface area contributed by atoms with Gasteiger partial charge in [0.05, 0.1) is 51.0 Å². The van der Waals surface area contributed by atoms with Crippen LogP contribution in [-0.2, 0) is 43.3 Å². The Morgan fingerprint density at radius 1 is 0.171 bits per heavy atom. The van der Waals surface area contributed by atoms with E-state index in [1.165, 1.54) is 171 Å². The molecule has 20 aromatic rings. The first-order valence-electron chi connectivity index (χ1n) is 49.6. The van der Waals surface area contributed by atoms with E-state index in [4.69, 9.17) is 6.85 Å². The zero-order valence-corrected chi connectivity index (χ0v) is 82.0. The fourth-order valence-corrected chi connectivity index (χ4v) is 19.4. The van der Waals surface area contributed by atoms with Crippen LogP contribution in [0.5, 0.6) is 0 Å². The number of rotatable bonds is 8. The van der Waals surface area contributed by atoms with Crippen LogP contribution in [0, 0.1) is 0 Å². The summed E-state index contributed by atoms with van der Waals surface area (Å²) >= 11 is 0. The Kier molecular flexibility index (Phi) is 31.1. The molecule has 4 nitrogen and oxygen atoms in total. The van der Waals surface area contributed by atoms with Crippen LogP contribution in [0.3, 0.4) is 0 Å². The molecule has 140 heavy (non-hydrogen) atoms. The maximum absolute atomic E-state index is 8.30. The van der Waals surface area contributed by atoms with Gasteiger partial charge in [-0.1, -0.05) is 511 Å². The molecule has 0 fully saturated rings. The Bertz CT molecular complexity index is 7850. The van der Waals surface area contributed by atoms with Crippen molar-refractivity contribution in [1.29, 1.82) is 0 Å². The standard InChI is InChI=1S/C36H41N.C34H29N.C30H37N.C28H25N.8CH4/c1-34(2,3)25-19-22-30(35(4,5)6)29(23-25)24-17-20-26(21-18-24)37-32-16-11-10-13-27(32)28-14-12-15-31(33(28)37)36(7,8)9;1-34(2,3)31-19-12-18-30-29-17-10-11-20-32(29)35(33(30)31)28-22-26(24-13-6-4-7-14-24)21-27(23-28)25-15-8-5-9-16-25;1-28(2,3)20-17-21(29(4,5)6)19-22(18-20)31-26-16-11-10-13-23(26)24-14-12-15-25(27(24)31)30(7,8)9;1-28(2,3)25-14-9-13-24-23-12-7-8-15-26(23)29(27(24)25)22-18-16-21(17-19-22)20-10-5-4-6-11-20;;;;;;;;/h10-23H,1-9H3;4-23H,1-3H3;10-19H,1-9H3;4-19H,1-3H3;8*1H4/i;;;4D,5D,6D,10D,11D;;;;;;;;. The van der Waals surface area contributed by atoms with Crippen LogP contribution in [0.2, 0.25) is 0 Å². The summed E-state index contributed by atoms with van der Waals surface area (Å²) in [5.74, 6) is 0. The highest BCUT2D eigenvalue weighted by Gasteiger charge is 2.31. The van der Waals surface area contributed by atoms with Gasteiger partial charge in [0.2, 0.25) is 0 Å². The third-order valence-electron chi connectivity index (χ3n) is 26.4. The summed E-state index contributed by atoms with van der Waals surface area (Å²) in [6, 6.07) is 120. The first-order chi connectivity index (χ1) is 64.7. The van der Waals surface area contributed by atoms with Gasteiger partial charge in [0.15, 0.2) is 0 Å². The first kappa shape index (κ1) is 103. The molecule has 0 aliphatic heterocycles. The van der Waals surface area contributed by atoms with Gasteiger partial charge in [0.25, 0.3) is 0 Å². The van der Waals surface area contributed by atoms with Gasteiger partial charge in [-0.3, -0.25) is 0 Å². The van der Waals surface area contributed by atoms with Crippen molar-refractivity contribution in [2.75, 3.05) is 0 Å². The third kappa shape index (κ3) is 21.8. The van der Waals surface area contributed by atoms with Crippen molar-refractivity contribution >= 4 is 87.2 Å². The molecule has 0 saturated heterocycles. The highest BCUT2D eigenvalue weighted by Crippen LogP contribution is 2.47. The normalized spacial score (nSPS) is 12.3. The Hall–Kier alpha value is -13.3. The monoisotopic (exact) mass is 1860 g/mol. The fourth-order valence-electron chi connectivity index (χ4n) is 19.4. The summed E-state index contributed by atoms with van der Waals surface area (Å²) in [4.78, 5) is 0. The molecule has 20 rings (SSSR count). The summed E-state index contributed by atoms with van der Waals surface area (Å²) < 4.78 is 50.1. The SMILES string of the molecule is C.C.C.C.C.C.C.C.CC(C)(C)c1cc(-n2c3ccccc3c3cccc(C(C)(C)C)c32)cc(C(C)(C)C)c1.CC(C)(C)c1ccc(C(C)(C)C)c(-c2ccc(-n3c4ccccc4c4cccc(C(C)(C)C)c43)cc2)c1.CC(C)(C)c1cccc2c3ccccc3n(-c3cc(-c4ccccc4)cc(-c4ccccc4)c3)c12.[2H]c1c([2H])c([2H])c(-c2ccc(-n3c4ccccc4c4cccc(C(C)(C)C)c43)cc2)c([2H])c1[2H]. The van der Waals surface area contributed by atoms with Crippen LogP contribution in [0.15, 0.2) is 364 Å². The van der Waals surface area contributed by atoms with E-state index < -0.39 is 0 Å². The quantitative estimate of drug-likeness (QED) is 0.144. The molecule has 0 unspecified atom stereocenters. The minimum Gasteiger partial charge on any atom is -0.309 e. The van der Waals surface area contributed by atoms with Crippen molar-refractivity contribution < 1.29 is 6.85 Å². The molecule has 0 atom stereocenters. The Morgan fingerprint density at radius 2 is 0.436 bits per heavy atom. The van der Waals surface area contributed by atoms with E-state index in [0.717, 1.165) is 16.7 Å². The fraction of sp³-hybridized carbons (Fsp3) is 0.294. The molecular formula is C136H164N4. The van der Waals surface area contributed by atoms with Gasteiger partial charge < -0.3 is 18.3 Å². The molecule has 0 aliphatic carbocycles. The topological polar surface area (TPSA) is 19.7 Å². The van der Waals surface area contributed by atoms with Gasteiger partial charge in [-0.25, -0.2) is 0 Å². The summed E-state index contributed by atoms with van der Waals surface area (Å²) in [6.45, 7) is 55.1. The lowest BCUT2D eigenvalue weighted by Gasteiger charge is -2.27. The molecule has 16 aromatic carbocycles. The van der Waals surface area contributed by atoms with Crippen LogP contribution in [0.1, 0.15) is 277 Å². The minimum atomic E-state index is -0.379. The average molecular weight is 1860 g/mol. The molecule has 4 aromatic heterocycles. The number of hydrogen-bond donors (Lipinski definition) is 0. The van der Waals surface area contributed by atoms with Gasteiger partial charge in [-0.2, -0.15) is 0 Å². The van der Waals surface area contributed by atoms with E-state index in [2.05, 4.69) is 488 Å². The molecular weight excluding hydrogens is 1690 g/mol. The Morgan fingerprint density at radius 3 is 0.736 bits per heavy atom. The molecule has 0 spiro atoms. The second-order valence-corrected chi connectivity index (χ2v) is 44.3. The lowest BCUT2D eigenvalue weighted by molar-refractivity contribution is 0.567. The van der Waals surface area contributed by atoms with Crippen LogP contribution in [-0.4, -0.2) is 18.3 Å². The van der Waals surface area contributed by atoms with Gasteiger partial charge >= 0.3 is 0 Å². The summed E-state index contributed by atoms with van der Waals surface area (Å²) in [5.41, 5.74) is 34.2. The number of fused-ring (bicyclic) bond motifs is 12. The predicted molar refractivity (Wildman–Crippen MR) is 628 cm³/mol. The van der Waals surface area contributed by atoms with Crippen molar-refractivity contribution in [3.63, 3.8) is 0 Å². The lowest BCUT2D eigenvalue weighted by Crippen LogP contribution is -2.18. The van der Waals surface area contributed by atoms with E-state index in [1.807, 2.05) is 30.3 Å². The third-order valence-corrected chi connectivity index (χ3v) is 26.4. The second-order valence-electron chi connectivity index (χ2n) is 44.3. The summed E-state index contributed by atoms with van der Waals surface area (Å²) in [6.07, 6.45) is 0. The van der Waals surface area contributed by atoms with Crippen LogP contribution in [0.4, 0.5) is 0 Å². The predicted octanol–water partition coefficient (Wildman–Crippen LogP) is 41.3. The first-order valence-corrected chi connectivity index (χ1v) is 47.1. The Labute approximate surface area is 851 Å². The van der Waals surface area contributed by atoms with E-state index in [0.29, 0.717) is 5.56 Å².